The Hall–Kier alpha value is -0.840. The summed E-state index contributed by atoms with van der Waals surface area (Å²) in [6.07, 6.45) is 4.19. The maximum Gasteiger partial charge on any atom is 0.147 e. The summed E-state index contributed by atoms with van der Waals surface area (Å²) in [5, 5.41) is 13.0. The minimum atomic E-state index is -0.643. The maximum atomic E-state index is 13.5. The second-order valence-corrected chi connectivity index (χ2v) is 5.34. The second-order valence-electron chi connectivity index (χ2n) is 4.90. The van der Waals surface area contributed by atoms with Gasteiger partial charge in [-0.15, -0.1) is 0 Å². The van der Waals surface area contributed by atoms with Crippen LogP contribution in [0.1, 0.15) is 25.7 Å². The Bertz CT molecular complexity index is 410. The topological polar surface area (TPSA) is 41.5 Å². The average molecular weight is 288 g/mol. The smallest absolute Gasteiger partial charge is 0.147 e. The monoisotopic (exact) mass is 287 g/mol. The molecule has 2 rings (SSSR count). The minimum Gasteiger partial charge on any atom is -0.389 e. The van der Waals surface area contributed by atoms with Crippen molar-refractivity contribution in [2.24, 2.45) is 0 Å². The van der Waals surface area contributed by atoms with Gasteiger partial charge in [-0.05, 0) is 31.0 Å². The highest BCUT2D eigenvalue weighted by molar-refractivity contribution is 6.30. The van der Waals surface area contributed by atoms with Crippen LogP contribution in [0.25, 0.3) is 0 Å². The molecule has 106 valence electrons. The van der Waals surface area contributed by atoms with E-state index in [4.69, 9.17) is 16.3 Å². The first-order valence-electron chi connectivity index (χ1n) is 6.64. The quantitative estimate of drug-likeness (QED) is 0.844. The van der Waals surface area contributed by atoms with E-state index in [1.165, 1.54) is 18.9 Å². The molecule has 0 heterocycles. The first-order chi connectivity index (χ1) is 9.15. The van der Waals surface area contributed by atoms with Crippen LogP contribution in [0.2, 0.25) is 5.02 Å². The molecule has 1 aromatic carbocycles. The third-order valence-electron chi connectivity index (χ3n) is 3.29. The molecule has 5 heteroatoms. The lowest BCUT2D eigenvalue weighted by Gasteiger charge is -2.16. The standard InChI is InChI=1S/C14H19ClFNO2/c15-10-5-6-14(13(16)7-10)17-8-11(18)9-19-12-3-1-2-4-12/h5-7,11-12,17-18H,1-4,8-9H2. The predicted octanol–water partition coefficient (Wildman–Crippen LogP) is 3.21. The summed E-state index contributed by atoms with van der Waals surface area (Å²) in [6.45, 7) is 0.540. The Morgan fingerprint density at radius 1 is 1.42 bits per heavy atom. The number of aliphatic hydroxyl groups is 1. The van der Waals surface area contributed by atoms with E-state index in [1.54, 1.807) is 12.1 Å². The Balaban J connectivity index is 1.71. The van der Waals surface area contributed by atoms with E-state index in [2.05, 4.69) is 5.32 Å². The summed E-state index contributed by atoms with van der Waals surface area (Å²) < 4.78 is 19.1. The molecule has 3 nitrogen and oxygen atoms in total. The molecule has 0 bridgehead atoms. The highest BCUT2D eigenvalue weighted by atomic mass is 35.5. The van der Waals surface area contributed by atoms with Gasteiger partial charge in [0, 0.05) is 11.6 Å². The first-order valence-corrected chi connectivity index (χ1v) is 7.01. The second kappa shape index (κ2) is 7.08. The molecule has 2 N–H and O–H groups in total. The van der Waals surface area contributed by atoms with Crippen molar-refractivity contribution in [1.29, 1.82) is 0 Å². The highest BCUT2D eigenvalue weighted by Crippen LogP contribution is 2.21. The van der Waals surface area contributed by atoms with Gasteiger partial charge in [0.05, 0.1) is 24.5 Å². The van der Waals surface area contributed by atoms with Gasteiger partial charge in [-0.2, -0.15) is 0 Å². The van der Waals surface area contributed by atoms with Crippen molar-refractivity contribution in [3.8, 4) is 0 Å². The summed E-state index contributed by atoms with van der Waals surface area (Å²) >= 11 is 5.66. The van der Waals surface area contributed by atoms with Crippen LogP contribution < -0.4 is 5.32 Å². The molecule has 0 saturated heterocycles. The van der Waals surface area contributed by atoms with Gasteiger partial charge in [-0.1, -0.05) is 24.4 Å². The lowest BCUT2D eigenvalue weighted by atomic mass is 10.2. The number of rotatable bonds is 6. The molecule has 0 amide bonds. The molecule has 1 fully saturated rings. The molecule has 1 aliphatic carbocycles. The zero-order valence-corrected chi connectivity index (χ0v) is 11.5. The van der Waals surface area contributed by atoms with Crippen LogP contribution in [-0.4, -0.2) is 30.5 Å². The number of halogens is 2. The van der Waals surface area contributed by atoms with Gasteiger partial charge in [0.15, 0.2) is 0 Å². The molecule has 0 spiro atoms. The van der Waals surface area contributed by atoms with E-state index in [0.717, 1.165) is 12.8 Å². The fraction of sp³-hybridized carbons (Fsp3) is 0.571. The maximum absolute atomic E-state index is 13.5. The third kappa shape index (κ3) is 4.64. The van der Waals surface area contributed by atoms with Crippen LogP contribution in [-0.2, 0) is 4.74 Å². The molecular weight excluding hydrogens is 269 g/mol. The van der Waals surface area contributed by atoms with Crippen LogP contribution in [0.15, 0.2) is 18.2 Å². The van der Waals surface area contributed by atoms with Gasteiger partial charge in [-0.3, -0.25) is 0 Å². The van der Waals surface area contributed by atoms with Crippen molar-refractivity contribution in [3.63, 3.8) is 0 Å². The fourth-order valence-electron chi connectivity index (χ4n) is 2.22. The number of aliphatic hydroxyl groups excluding tert-OH is 1. The van der Waals surface area contributed by atoms with Gasteiger partial charge in [0.2, 0.25) is 0 Å². The Morgan fingerprint density at radius 3 is 2.84 bits per heavy atom. The normalized spacial score (nSPS) is 17.6. The van der Waals surface area contributed by atoms with Crippen molar-refractivity contribution < 1.29 is 14.2 Å². The van der Waals surface area contributed by atoms with Gasteiger partial charge < -0.3 is 15.2 Å². The highest BCUT2D eigenvalue weighted by Gasteiger charge is 2.17. The first kappa shape index (κ1) is 14.6. The lowest BCUT2D eigenvalue weighted by Crippen LogP contribution is -2.27. The summed E-state index contributed by atoms with van der Waals surface area (Å²) in [4.78, 5) is 0. The number of ether oxygens (including phenoxy) is 1. The lowest BCUT2D eigenvalue weighted by molar-refractivity contribution is -0.00119. The van der Waals surface area contributed by atoms with E-state index in [0.29, 0.717) is 10.7 Å². The van der Waals surface area contributed by atoms with Gasteiger partial charge >= 0.3 is 0 Å². The molecule has 0 aromatic heterocycles. The summed E-state index contributed by atoms with van der Waals surface area (Å²) in [5.41, 5.74) is 0.337. The largest absolute Gasteiger partial charge is 0.389 e. The van der Waals surface area contributed by atoms with Gasteiger partial charge in [0.1, 0.15) is 5.82 Å². The van der Waals surface area contributed by atoms with E-state index in [-0.39, 0.29) is 19.3 Å². The fourth-order valence-corrected chi connectivity index (χ4v) is 2.38. The Morgan fingerprint density at radius 2 is 2.16 bits per heavy atom. The number of nitrogens with one attached hydrogen (secondary N) is 1. The van der Waals surface area contributed by atoms with Gasteiger partial charge in [-0.25, -0.2) is 4.39 Å². The van der Waals surface area contributed by atoms with Crippen LogP contribution in [0.5, 0.6) is 0 Å². The molecule has 1 unspecified atom stereocenters. The van der Waals surface area contributed by atoms with Crippen LogP contribution in [0, 0.1) is 5.82 Å². The van der Waals surface area contributed by atoms with Crippen LogP contribution in [0.3, 0.4) is 0 Å². The Kier molecular flexibility index (Phi) is 5.43. The van der Waals surface area contributed by atoms with Gasteiger partial charge in [0.25, 0.3) is 0 Å². The molecule has 1 atom stereocenters. The van der Waals surface area contributed by atoms with Crippen LogP contribution >= 0.6 is 11.6 Å². The van der Waals surface area contributed by atoms with E-state index < -0.39 is 11.9 Å². The number of anilines is 1. The molecule has 1 saturated carbocycles. The summed E-state index contributed by atoms with van der Waals surface area (Å²) in [6, 6.07) is 4.40. The molecule has 1 aromatic rings. The van der Waals surface area contributed by atoms with E-state index >= 15 is 0 Å². The molecule has 0 radical (unpaired) electrons. The van der Waals surface area contributed by atoms with Crippen molar-refractivity contribution in [3.05, 3.63) is 29.0 Å². The van der Waals surface area contributed by atoms with Crippen LogP contribution in [0.4, 0.5) is 10.1 Å². The number of hydrogen-bond acceptors (Lipinski definition) is 3. The SMILES string of the molecule is OC(CNc1ccc(Cl)cc1F)COC1CCCC1. The number of benzene rings is 1. The molecular formula is C14H19ClFNO2. The zero-order valence-electron chi connectivity index (χ0n) is 10.7. The third-order valence-corrected chi connectivity index (χ3v) is 3.52. The van der Waals surface area contributed by atoms with Crippen molar-refractivity contribution in [1.82, 2.24) is 0 Å². The number of hydrogen-bond donors (Lipinski definition) is 2. The molecule has 19 heavy (non-hydrogen) atoms. The summed E-state index contributed by atoms with van der Waals surface area (Å²) in [7, 11) is 0. The van der Waals surface area contributed by atoms with Crippen molar-refractivity contribution in [2.45, 2.75) is 37.9 Å². The molecule has 1 aliphatic rings. The molecule has 0 aliphatic heterocycles. The predicted molar refractivity (Wildman–Crippen MR) is 74.1 cm³/mol. The zero-order chi connectivity index (χ0) is 13.7. The van der Waals surface area contributed by atoms with Crippen molar-refractivity contribution >= 4 is 17.3 Å². The minimum absolute atomic E-state index is 0.255. The summed E-state index contributed by atoms with van der Waals surface area (Å²) in [5.74, 6) is -0.420. The van der Waals surface area contributed by atoms with E-state index in [1.807, 2.05) is 0 Å². The van der Waals surface area contributed by atoms with E-state index in [9.17, 15) is 9.50 Å². The average Bonchev–Trinajstić information content (AvgIpc) is 2.88. The Labute approximate surface area is 117 Å². The van der Waals surface area contributed by atoms with Crippen molar-refractivity contribution in [2.75, 3.05) is 18.5 Å².